The summed E-state index contributed by atoms with van der Waals surface area (Å²) < 4.78 is 11.5. The van der Waals surface area contributed by atoms with E-state index in [1.165, 1.54) is 25.2 Å². The Balaban J connectivity index is 1.56. The van der Waals surface area contributed by atoms with Crippen LogP contribution in [0.2, 0.25) is 0 Å². The SMILES string of the molecule is COCC(=O)Nc1c(C(=O)OC)n(C)c2ncc(NC(C)CCc3c[nH]c4ccccc34)cc12. The number of aromatic amines is 1. The molecule has 0 spiro atoms. The van der Waals surface area contributed by atoms with Gasteiger partial charge >= 0.3 is 5.97 Å². The summed E-state index contributed by atoms with van der Waals surface area (Å²) in [4.78, 5) is 32.6. The number of ether oxygens (including phenoxy) is 2. The van der Waals surface area contributed by atoms with E-state index in [2.05, 4.69) is 45.9 Å². The van der Waals surface area contributed by atoms with Crippen LogP contribution in [0.5, 0.6) is 0 Å². The molecule has 0 bridgehead atoms. The van der Waals surface area contributed by atoms with E-state index < -0.39 is 5.97 Å². The highest BCUT2D eigenvalue weighted by atomic mass is 16.5. The molecule has 0 radical (unpaired) electrons. The molecule has 0 fully saturated rings. The highest BCUT2D eigenvalue weighted by Crippen LogP contribution is 2.32. The third-order valence-corrected chi connectivity index (χ3v) is 5.88. The number of hydrogen-bond acceptors (Lipinski definition) is 6. The minimum absolute atomic E-state index is 0.132. The molecule has 1 unspecified atom stereocenters. The molecular formula is C25H29N5O4. The highest BCUT2D eigenvalue weighted by Gasteiger charge is 2.24. The van der Waals surface area contributed by atoms with Gasteiger partial charge in [-0.1, -0.05) is 18.2 Å². The number of nitrogens with zero attached hydrogens (tertiary/aromatic N) is 2. The predicted molar refractivity (Wildman–Crippen MR) is 132 cm³/mol. The molecule has 0 aliphatic rings. The van der Waals surface area contributed by atoms with Crippen molar-refractivity contribution in [1.29, 1.82) is 0 Å². The molecule has 1 atom stereocenters. The molecule has 1 aromatic carbocycles. The Morgan fingerprint density at radius 3 is 2.76 bits per heavy atom. The Labute approximate surface area is 197 Å². The van der Waals surface area contributed by atoms with Crippen LogP contribution in [-0.2, 0) is 27.7 Å². The van der Waals surface area contributed by atoms with Gasteiger partial charge in [-0.25, -0.2) is 9.78 Å². The van der Waals surface area contributed by atoms with E-state index in [1.54, 1.807) is 17.8 Å². The van der Waals surface area contributed by atoms with Gasteiger partial charge in [-0.05, 0) is 37.5 Å². The molecule has 0 aliphatic heterocycles. The van der Waals surface area contributed by atoms with Gasteiger partial charge in [0.25, 0.3) is 0 Å². The molecule has 178 valence electrons. The normalized spacial score (nSPS) is 12.1. The van der Waals surface area contributed by atoms with Crippen molar-refractivity contribution in [2.24, 2.45) is 7.05 Å². The molecule has 0 aliphatic carbocycles. The summed E-state index contributed by atoms with van der Waals surface area (Å²) in [6.07, 6.45) is 5.63. The van der Waals surface area contributed by atoms with Gasteiger partial charge in [-0.15, -0.1) is 0 Å². The number of aryl methyl sites for hydroxylation is 2. The van der Waals surface area contributed by atoms with Crippen LogP contribution < -0.4 is 10.6 Å². The number of esters is 1. The first-order chi connectivity index (χ1) is 16.4. The van der Waals surface area contributed by atoms with Crippen molar-refractivity contribution < 1.29 is 19.1 Å². The molecule has 3 aromatic heterocycles. The van der Waals surface area contributed by atoms with Crippen LogP contribution in [-0.4, -0.2) is 53.3 Å². The summed E-state index contributed by atoms with van der Waals surface area (Å²) in [6, 6.07) is 10.3. The van der Waals surface area contributed by atoms with Crippen LogP contribution in [0.25, 0.3) is 21.9 Å². The molecule has 0 saturated carbocycles. The number of H-pyrrole nitrogens is 1. The monoisotopic (exact) mass is 463 g/mol. The Kier molecular flexibility index (Phi) is 6.83. The van der Waals surface area contributed by atoms with Gasteiger partial charge in [-0.2, -0.15) is 0 Å². The third-order valence-electron chi connectivity index (χ3n) is 5.88. The molecule has 4 rings (SSSR count). The zero-order chi connectivity index (χ0) is 24.2. The number of amides is 1. The van der Waals surface area contributed by atoms with E-state index in [4.69, 9.17) is 9.47 Å². The minimum Gasteiger partial charge on any atom is -0.464 e. The van der Waals surface area contributed by atoms with Crippen molar-refractivity contribution in [3.8, 4) is 0 Å². The van der Waals surface area contributed by atoms with E-state index in [0.717, 1.165) is 24.0 Å². The van der Waals surface area contributed by atoms with Crippen molar-refractivity contribution in [3.05, 3.63) is 54.0 Å². The summed E-state index contributed by atoms with van der Waals surface area (Å²) in [5.41, 5.74) is 4.36. The molecule has 9 nitrogen and oxygen atoms in total. The van der Waals surface area contributed by atoms with Gasteiger partial charge in [0.1, 0.15) is 12.3 Å². The van der Waals surface area contributed by atoms with Crippen LogP contribution in [0.15, 0.2) is 42.7 Å². The van der Waals surface area contributed by atoms with Crippen molar-refractivity contribution >= 4 is 45.2 Å². The van der Waals surface area contributed by atoms with E-state index in [-0.39, 0.29) is 24.2 Å². The molecule has 1 amide bonds. The number of pyridine rings is 1. The number of nitrogens with one attached hydrogen (secondary N) is 3. The van der Waals surface area contributed by atoms with Crippen LogP contribution in [0.4, 0.5) is 11.4 Å². The molecule has 3 N–H and O–H groups in total. The first-order valence-corrected chi connectivity index (χ1v) is 11.1. The maximum Gasteiger partial charge on any atom is 0.356 e. The van der Waals surface area contributed by atoms with E-state index in [0.29, 0.717) is 16.7 Å². The van der Waals surface area contributed by atoms with E-state index in [1.807, 2.05) is 18.2 Å². The number of fused-ring (bicyclic) bond motifs is 2. The number of para-hydroxylation sites is 1. The highest BCUT2D eigenvalue weighted by molar-refractivity contribution is 6.11. The second kappa shape index (κ2) is 9.96. The van der Waals surface area contributed by atoms with Gasteiger partial charge in [0.2, 0.25) is 5.91 Å². The van der Waals surface area contributed by atoms with Crippen LogP contribution in [0, 0.1) is 0 Å². The Morgan fingerprint density at radius 1 is 1.21 bits per heavy atom. The van der Waals surface area contributed by atoms with Crippen molar-refractivity contribution in [3.63, 3.8) is 0 Å². The number of anilines is 2. The number of carbonyl (C=O) groups excluding carboxylic acids is 2. The molecule has 3 heterocycles. The molecule has 9 heteroatoms. The molecule has 0 saturated heterocycles. The minimum atomic E-state index is -0.560. The van der Waals surface area contributed by atoms with E-state index in [9.17, 15) is 9.59 Å². The Morgan fingerprint density at radius 2 is 2.00 bits per heavy atom. The van der Waals surface area contributed by atoms with Crippen molar-refractivity contribution in [1.82, 2.24) is 14.5 Å². The van der Waals surface area contributed by atoms with Gasteiger partial charge in [0, 0.05) is 42.7 Å². The zero-order valence-electron chi connectivity index (χ0n) is 19.8. The first-order valence-electron chi connectivity index (χ1n) is 11.1. The number of carbonyl (C=O) groups is 2. The predicted octanol–water partition coefficient (Wildman–Crippen LogP) is 3.86. The lowest BCUT2D eigenvalue weighted by Gasteiger charge is -2.15. The van der Waals surface area contributed by atoms with Crippen molar-refractivity contribution in [2.45, 2.75) is 25.8 Å². The molecular weight excluding hydrogens is 434 g/mol. The van der Waals surface area contributed by atoms with Gasteiger partial charge in [0.15, 0.2) is 5.69 Å². The fourth-order valence-corrected chi connectivity index (χ4v) is 4.22. The number of methoxy groups -OCH3 is 2. The lowest BCUT2D eigenvalue weighted by Crippen LogP contribution is -2.19. The van der Waals surface area contributed by atoms with Crippen molar-refractivity contribution in [2.75, 3.05) is 31.5 Å². The Bertz CT molecular complexity index is 1340. The van der Waals surface area contributed by atoms with Crippen LogP contribution in [0.1, 0.15) is 29.4 Å². The fourth-order valence-electron chi connectivity index (χ4n) is 4.22. The lowest BCUT2D eigenvalue weighted by atomic mass is 10.1. The largest absolute Gasteiger partial charge is 0.464 e. The second-order valence-electron chi connectivity index (χ2n) is 8.29. The maximum atomic E-state index is 12.4. The third kappa shape index (κ3) is 4.60. The quantitative estimate of drug-likeness (QED) is 0.325. The topological polar surface area (TPSA) is 110 Å². The summed E-state index contributed by atoms with van der Waals surface area (Å²) >= 11 is 0. The Hall–Kier alpha value is -3.85. The summed E-state index contributed by atoms with van der Waals surface area (Å²) in [7, 11) is 4.45. The van der Waals surface area contributed by atoms with E-state index >= 15 is 0 Å². The average molecular weight is 464 g/mol. The van der Waals surface area contributed by atoms with Gasteiger partial charge in [0.05, 0.1) is 24.7 Å². The average Bonchev–Trinajstić information content (AvgIpc) is 3.36. The number of aromatic nitrogens is 3. The maximum absolute atomic E-state index is 12.4. The summed E-state index contributed by atoms with van der Waals surface area (Å²) in [5.74, 6) is -0.930. The zero-order valence-corrected chi connectivity index (χ0v) is 19.8. The van der Waals surface area contributed by atoms with Crippen LogP contribution in [0.3, 0.4) is 0 Å². The number of hydrogen-bond donors (Lipinski definition) is 3. The molecule has 4 aromatic rings. The molecule has 34 heavy (non-hydrogen) atoms. The smallest absolute Gasteiger partial charge is 0.356 e. The standard InChI is InChI=1S/C25H29N5O4/c1-15(9-10-16-12-26-20-8-6-5-7-18(16)20)28-17-11-19-22(29-21(31)14-33-3)23(25(32)34-4)30(2)24(19)27-13-17/h5-8,11-13,15,26,28H,9-10,14H2,1-4H3,(H,29,31). The van der Waals surface area contributed by atoms with Gasteiger partial charge < -0.3 is 29.7 Å². The fraction of sp³-hybridized carbons (Fsp3) is 0.320. The number of benzene rings is 1. The lowest BCUT2D eigenvalue weighted by molar-refractivity contribution is -0.119. The van der Waals surface area contributed by atoms with Gasteiger partial charge in [-0.3, -0.25) is 4.79 Å². The number of rotatable bonds is 9. The van der Waals surface area contributed by atoms with Crippen LogP contribution >= 0.6 is 0 Å². The first kappa shape index (κ1) is 23.3. The summed E-state index contributed by atoms with van der Waals surface area (Å²) in [5, 5.41) is 8.15. The second-order valence-corrected chi connectivity index (χ2v) is 8.29. The summed E-state index contributed by atoms with van der Waals surface area (Å²) in [6.45, 7) is 1.98.